The van der Waals surface area contributed by atoms with Crippen molar-refractivity contribution in [1.82, 2.24) is 10.3 Å². The smallest absolute Gasteiger partial charge is 0.0558 e. The van der Waals surface area contributed by atoms with Gasteiger partial charge in [0.05, 0.1) is 6.04 Å². The zero-order valence-electron chi connectivity index (χ0n) is 6.20. The molecule has 2 heterocycles. The highest BCUT2D eigenvalue weighted by atomic mass is 14.9. The maximum atomic E-state index is 4.06. The second kappa shape index (κ2) is 2.74. The van der Waals surface area contributed by atoms with Gasteiger partial charge in [-0.25, -0.2) is 0 Å². The molecule has 1 unspecified atom stereocenters. The zero-order valence-corrected chi connectivity index (χ0v) is 6.20. The van der Waals surface area contributed by atoms with E-state index < -0.39 is 0 Å². The highest BCUT2D eigenvalue weighted by Gasteiger charge is 2.10. The summed E-state index contributed by atoms with van der Waals surface area (Å²) in [6.45, 7) is 0. The standard InChI is InChI=1S/C9H10N2/c1-3-8(7-10-5-1)9-4-2-6-11-9/h1-3,5-7,9,11H,4H2. The van der Waals surface area contributed by atoms with Crippen LogP contribution in [0.3, 0.4) is 0 Å². The Balaban J connectivity index is 2.17. The van der Waals surface area contributed by atoms with Crippen LogP contribution in [-0.4, -0.2) is 4.98 Å². The molecule has 0 spiro atoms. The quantitative estimate of drug-likeness (QED) is 0.651. The molecule has 0 saturated heterocycles. The van der Waals surface area contributed by atoms with Gasteiger partial charge in [-0.2, -0.15) is 0 Å². The van der Waals surface area contributed by atoms with Crippen LogP contribution in [0.25, 0.3) is 0 Å². The molecule has 0 amide bonds. The number of aromatic nitrogens is 1. The largest absolute Gasteiger partial charge is 0.384 e. The van der Waals surface area contributed by atoms with E-state index in [1.807, 2.05) is 18.5 Å². The van der Waals surface area contributed by atoms with Crippen molar-refractivity contribution in [1.29, 1.82) is 0 Å². The molecule has 0 bridgehead atoms. The van der Waals surface area contributed by atoms with Gasteiger partial charge >= 0.3 is 0 Å². The highest BCUT2D eigenvalue weighted by Crippen LogP contribution is 2.19. The molecule has 0 aliphatic carbocycles. The summed E-state index contributed by atoms with van der Waals surface area (Å²) in [6, 6.07) is 4.51. The Kier molecular flexibility index (Phi) is 1.60. The summed E-state index contributed by atoms with van der Waals surface area (Å²) < 4.78 is 0. The minimum Gasteiger partial charge on any atom is -0.384 e. The van der Waals surface area contributed by atoms with E-state index in [1.54, 1.807) is 6.20 Å². The molecule has 1 aliphatic heterocycles. The molecular weight excluding hydrogens is 136 g/mol. The summed E-state index contributed by atoms with van der Waals surface area (Å²) in [7, 11) is 0. The summed E-state index contributed by atoms with van der Waals surface area (Å²) in [5, 5.41) is 3.25. The minimum atomic E-state index is 0.448. The molecular formula is C9H10N2. The van der Waals surface area contributed by atoms with Crippen molar-refractivity contribution >= 4 is 0 Å². The normalized spacial score (nSPS) is 21.6. The lowest BCUT2D eigenvalue weighted by Crippen LogP contribution is -2.09. The number of hydrogen-bond acceptors (Lipinski definition) is 2. The molecule has 56 valence electrons. The van der Waals surface area contributed by atoms with Crippen molar-refractivity contribution in [2.24, 2.45) is 0 Å². The van der Waals surface area contributed by atoms with Gasteiger partial charge < -0.3 is 5.32 Å². The van der Waals surface area contributed by atoms with E-state index in [1.165, 1.54) is 5.56 Å². The third-order valence-corrected chi connectivity index (χ3v) is 1.87. The van der Waals surface area contributed by atoms with Crippen LogP contribution < -0.4 is 5.32 Å². The molecule has 2 nitrogen and oxygen atoms in total. The second-order valence-electron chi connectivity index (χ2n) is 2.64. The summed E-state index contributed by atoms with van der Waals surface area (Å²) in [4.78, 5) is 4.06. The van der Waals surface area contributed by atoms with Gasteiger partial charge in [-0.15, -0.1) is 0 Å². The number of hydrogen-bond donors (Lipinski definition) is 1. The predicted octanol–water partition coefficient (Wildman–Crippen LogP) is 1.63. The Bertz CT molecular complexity index is 246. The lowest BCUT2D eigenvalue weighted by molar-refractivity contribution is 0.670. The van der Waals surface area contributed by atoms with Gasteiger partial charge in [0.2, 0.25) is 0 Å². The van der Waals surface area contributed by atoms with E-state index >= 15 is 0 Å². The van der Waals surface area contributed by atoms with Crippen molar-refractivity contribution in [3.8, 4) is 0 Å². The summed E-state index contributed by atoms with van der Waals surface area (Å²) in [6.07, 6.45) is 8.91. The van der Waals surface area contributed by atoms with Crippen molar-refractivity contribution in [2.75, 3.05) is 0 Å². The molecule has 0 fully saturated rings. The second-order valence-corrected chi connectivity index (χ2v) is 2.64. The summed E-state index contributed by atoms with van der Waals surface area (Å²) in [5.74, 6) is 0. The average Bonchev–Trinajstić information content (AvgIpc) is 2.58. The summed E-state index contributed by atoms with van der Waals surface area (Å²) >= 11 is 0. The van der Waals surface area contributed by atoms with Crippen LogP contribution >= 0.6 is 0 Å². The molecule has 1 N–H and O–H groups in total. The van der Waals surface area contributed by atoms with Gasteiger partial charge in [-0.05, 0) is 24.3 Å². The van der Waals surface area contributed by atoms with Gasteiger partial charge in [-0.3, -0.25) is 4.98 Å². The van der Waals surface area contributed by atoms with Crippen molar-refractivity contribution < 1.29 is 0 Å². The van der Waals surface area contributed by atoms with Crippen LogP contribution in [0.1, 0.15) is 18.0 Å². The van der Waals surface area contributed by atoms with Gasteiger partial charge in [0, 0.05) is 12.4 Å². The third kappa shape index (κ3) is 1.24. The Morgan fingerprint density at radius 1 is 1.55 bits per heavy atom. The van der Waals surface area contributed by atoms with Crippen LogP contribution in [0.15, 0.2) is 36.8 Å². The van der Waals surface area contributed by atoms with Crippen molar-refractivity contribution in [3.63, 3.8) is 0 Å². The molecule has 1 aromatic heterocycles. The van der Waals surface area contributed by atoms with Crippen molar-refractivity contribution in [2.45, 2.75) is 12.5 Å². The average molecular weight is 146 g/mol. The lowest BCUT2D eigenvalue weighted by atomic mass is 10.1. The van der Waals surface area contributed by atoms with Crippen LogP contribution in [0.4, 0.5) is 0 Å². The van der Waals surface area contributed by atoms with E-state index in [2.05, 4.69) is 22.4 Å². The number of pyridine rings is 1. The molecule has 1 aliphatic rings. The highest BCUT2D eigenvalue weighted by molar-refractivity contribution is 5.17. The topological polar surface area (TPSA) is 24.9 Å². The molecule has 2 rings (SSSR count). The maximum Gasteiger partial charge on any atom is 0.0558 e. The van der Waals surface area contributed by atoms with E-state index in [-0.39, 0.29) is 0 Å². The zero-order chi connectivity index (χ0) is 7.52. The number of nitrogens with one attached hydrogen (secondary N) is 1. The van der Waals surface area contributed by atoms with Crippen LogP contribution in [0, 0.1) is 0 Å². The molecule has 1 atom stereocenters. The monoisotopic (exact) mass is 146 g/mol. The maximum absolute atomic E-state index is 4.06. The van der Waals surface area contributed by atoms with E-state index in [0.717, 1.165) is 6.42 Å². The molecule has 2 heteroatoms. The fraction of sp³-hybridized carbons (Fsp3) is 0.222. The van der Waals surface area contributed by atoms with Gasteiger partial charge in [0.1, 0.15) is 0 Å². The van der Waals surface area contributed by atoms with Crippen LogP contribution in [0.2, 0.25) is 0 Å². The van der Waals surface area contributed by atoms with Crippen molar-refractivity contribution in [3.05, 3.63) is 42.4 Å². The molecule has 0 radical (unpaired) electrons. The first-order valence-corrected chi connectivity index (χ1v) is 3.78. The van der Waals surface area contributed by atoms with Gasteiger partial charge in [0.25, 0.3) is 0 Å². The molecule has 1 aromatic rings. The number of rotatable bonds is 1. The van der Waals surface area contributed by atoms with Gasteiger partial charge in [0.15, 0.2) is 0 Å². The lowest BCUT2D eigenvalue weighted by Gasteiger charge is -2.09. The minimum absolute atomic E-state index is 0.448. The molecule has 0 aromatic carbocycles. The van der Waals surface area contributed by atoms with E-state index in [9.17, 15) is 0 Å². The molecule has 11 heavy (non-hydrogen) atoms. The fourth-order valence-corrected chi connectivity index (χ4v) is 1.27. The Morgan fingerprint density at radius 3 is 3.18 bits per heavy atom. The van der Waals surface area contributed by atoms with E-state index in [4.69, 9.17) is 0 Å². The Labute approximate surface area is 66.0 Å². The van der Waals surface area contributed by atoms with Crippen LogP contribution in [0.5, 0.6) is 0 Å². The SMILES string of the molecule is C1=CNC(c2cccnc2)C1. The Hall–Kier alpha value is -1.31. The van der Waals surface area contributed by atoms with E-state index in [0.29, 0.717) is 6.04 Å². The summed E-state index contributed by atoms with van der Waals surface area (Å²) in [5.41, 5.74) is 1.26. The first-order chi connectivity index (χ1) is 5.47. The fourth-order valence-electron chi connectivity index (χ4n) is 1.27. The third-order valence-electron chi connectivity index (χ3n) is 1.87. The Morgan fingerprint density at radius 2 is 2.55 bits per heavy atom. The van der Waals surface area contributed by atoms with Gasteiger partial charge in [-0.1, -0.05) is 12.1 Å². The number of nitrogens with zero attached hydrogens (tertiary/aromatic N) is 1. The molecule has 0 saturated carbocycles. The van der Waals surface area contributed by atoms with Crippen LogP contribution in [-0.2, 0) is 0 Å². The first kappa shape index (κ1) is 6.40. The first-order valence-electron chi connectivity index (χ1n) is 3.78. The predicted molar refractivity (Wildman–Crippen MR) is 43.9 cm³/mol.